The monoisotopic (exact) mass is 462 g/mol. The van der Waals surface area contributed by atoms with Gasteiger partial charge in [-0.2, -0.15) is 0 Å². The number of carboxylic acids is 1. The van der Waals surface area contributed by atoms with E-state index in [0.717, 1.165) is 34.7 Å². The third kappa shape index (κ3) is 4.87. The third-order valence-electron chi connectivity index (χ3n) is 6.13. The summed E-state index contributed by atoms with van der Waals surface area (Å²) < 4.78 is 23.9. The Hall–Kier alpha value is -2.14. The zero-order chi connectivity index (χ0) is 22.0. The van der Waals surface area contributed by atoms with Gasteiger partial charge >= 0.3 is 5.97 Å². The van der Waals surface area contributed by atoms with E-state index in [9.17, 15) is 23.5 Å². The summed E-state index contributed by atoms with van der Waals surface area (Å²) >= 11 is -0.801. The van der Waals surface area contributed by atoms with Gasteiger partial charge in [-0.15, -0.1) is 11.3 Å². The highest BCUT2D eigenvalue weighted by molar-refractivity contribution is 7.76. The van der Waals surface area contributed by atoms with E-state index in [0.29, 0.717) is 25.9 Å². The number of amides is 1. The van der Waals surface area contributed by atoms with Crippen LogP contribution in [-0.2, 0) is 40.2 Å². The first-order chi connectivity index (χ1) is 14.9. The number of thiazole rings is 1. The minimum atomic E-state index is -2.22. The van der Waals surface area contributed by atoms with E-state index in [1.54, 1.807) is 0 Å². The molecule has 1 aliphatic heterocycles. The van der Waals surface area contributed by atoms with Crippen LogP contribution in [0.2, 0.25) is 0 Å². The van der Waals surface area contributed by atoms with Gasteiger partial charge in [0.15, 0.2) is 0 Å². The molecule has 1 aromatic heterocycles. The standard InChI is InChI=1S/C21H25N3O5S2/c25-19(26)10-21(8-14-4-1-2-5-15(14)9-21)20(27)22-11-18-23-17(13-30-18)16-6-3-7-24(12-16)31(28)29/h1-2,4-5,13,16H,3,6-12H2,(H,22,27)(H,25,26)(H,28,29)/p-1. The maximum absolute atomic E-state index is 13.1. The number of aromatic nitrogens is 1. The number of carbonyl (C=O) groups excluding carboxylic acids is 1. The molecule has 2 aliphatic rings. The van der Waals surface area contributed by atoms with Gasteiger partial charge < -0.3 is 15.0 Å². The van der Waals surface area contributed by atoms with Gasteiger partial charge in [0.1, 0.15) is 5.01 Å². The molecule has 0 spiro atoms. The van der Waals surface area contributed by atoms with Gasteiger partial charge in [0.2, 0.25) is 5.91 Å². The molecule has 2 unspecified atom stereocenters. The van der Waals surface area contributed by atoms with Crippen LogP contribution in [0, 0.1) is 5.41 Å². The van der Waals surface area contributed by atoms with Crippen LogP contribution in [0.25, 0.3) is 0 Å². The molecule has 2 N–H and O–H groups in total. The Kier molecular flexibility index (Phi) is 6.52. The van der Waals surface area contributed by atoms with Gasteiger partial charge in [-0.25, -0.2) is 9.29 Å². The molecule has 1 saturated heterocycles. The van der Waals surface area contributed by atoms with Crippen molar-refractivity contribution in [3.8, 4) is 0 Å². The lowest BCUT2D eigenvalue weighted by atomic mass is 9.80. The molecule has 1 fully saturated rings. The van der Waals surface area contributed by atoms with Crippen LogP contribution in [0.5, 0.6) is 0 Å². The first kappa shape index (κ1) is 22.1. The van der Waals surface area contributed by atoms with Gasteiger partial charge in [-0.05, 0) is 36.8 Å². The maximum atomic E-state index is 13.1. The van der Waals surface area contributed by atoms with E-state index in [2.05, 4.69) is 10.3 Å². The number of fused-ring (bicyclic) bond motifs is 1. The normalized spacial score (nSPS) is 21.4. The Labute approximate surface area is 187 Å². The number of aliphatic carboxylic acids is 1. The third-order valence-corrected chi connectivity index (χ3v) is 7.75. The van der Waals surface area contributed by atoms with Crippen LogP contribution in [0.1, 0.15) is 47.0 Å². The second kappa shape index (κ2) is 9.15. The molecule has 0 radical (unpaired) electrons. The summed E-state index contributed by atoms with van der Waals surface area (Å²) in [7, 11) is 0. The van der Waals surface area contributed by atoms with Crippen LogP contribution in [0.3, 0.4) is 0 Å². The molecule has 2 atom stereocenters. The van der Waals surface area contributed by atoms with Gasteiger partial charge in [-0.3, -0.25) is 13.8 Å². The summed E-state index contributed by atoms with van der Waals surface area (Å²) in [6.07, 6.45) is 2.27. The topological polar surface area (TPSA) is 123 Å². The fraction of sp³-hybridized carbons (Fsp3) is 0.476. The van der Waals surface area contributed by atoms with Crippen molar-refractivity contribution in [3.05, 3.63) is 51.5 Å². The fourth-order valence-corrected chi connectivity index (χ4v) is 6.00. The van der Waals surface area contributed by atoms with Crippen molar-refractivity contribution in [1.82, 2.24) is 14.6 Å². The van der Waals surface area contributed by atoms with Gasteiger partial charge in [-0.1, -0.05) is 24.3 Å². The van der Waals surface area contributed by atoms with Crippen molar-refractivity contribution in [2.75, 3.05) is 13.1 Å². The molecule has 1 aliphatic carbocycles. The highest BCUT2D eigenvalue weighted by Gasteiger charge is 2.45. The predicted octanol–water partition coefficient (Wildman–Crippen LogP) is 1.99. The largest absolute Gasteiger partial charge is 0.760 e. The number of benzene rings is 1. The number of carbonyl (C=O) groups is 2. The molecule has 1 amide bonds. The van der Waals surface area contributed by atoms with Crippen molar-refractivity contribution in [1.29, 1.82) is 0 Å². The molecule has 2 heterocycles. The molecule has 8 nitrogen and oxygen atoms in total. The molecule has 166 valence electrons. The number of hydrogen-bond donors (Lipinski definition) is 2. The number of rotatable bonds is 7. The highest BCUT2D eigenvalue weighted by atomic mass is 32.2. The van der Waals surface area contributed by atoms with Crippen molar-refractivity contribution >= 4 is 34.5 Å². The molecule has 0 saturated carbocycles. The number of nitrogens with one attached hydrogen (secondary N) is 1. The quantitative estimate of drug-likeness (QED) is 0.607. The zero-order valence-corrected chi connectivity index (χ0v) is 18.5. The summed E-state index contributed by atoms with van der Waals surface area (Å²) in [5.74, 6) is -1.21. The summed E-state index contributed by atoms with van der Waals surface area (Å²) in [6, 6.07) is 7.70. The van der Waals surface area contributed by atoms with Crippen molar-refractivity contribution < 1.29 is 23.5 Å². The lowest BCUT2D eigenvalue weighted by molar-refractivity contribution is -0.145. The van der Waals surface area contributed by atoms with Crippen molar-refractivity contribution in [3.63, 3.8) is 0 Å². The fourth-order valence-electron chi connectivity index (χ4n) is 4.61. The van der Waals surface area contributed by atoms with Gasteiger partial charge in [0, 0.05) is 35.7 Å². The van der Waals surface area contributed by atoms with Crippen LogP contribution in [0.15, 0.2) is 29.6 Å². The predicted molar refractivity (Wildman–Crippen MR) is 115 cm³/mol. The first-order valence-electron chi connectivity index (χ1n) is 10.2. The number of nitrogens with zero attached hydrogens (tertiary/aromatic N) is 2. The lowest BCUT2D eigenvalue weighted by Gasteiger charge is -2.32. The number of piperidine rings is 1. The molecule has 4 rings (SSSR count). The van der Waals surface area contributed by atoms with E-state index in [4.69, 9.17) is 0 Å². The van der Waals surface area contributed by atoms with Crippen LogP contribution in [-0.4, -0.2) is 48.1 Å². The van der Waals surface area contributed by atoms with Crippen LogP contribution < -0.4 is 5.32 Å². The molecule has 2 aromatic rings. The smallest absolute Gasteiger partial charge is 0.304 e. The molecule has 0 bridgehead atoms. The zero-order valence-electron chi connectivity index (χ0n) is 16.9. The van der Waals surface area contributed by atoms with E-state index in [1.807, 2.05) is 29.6 Å². The first-order valence-corrected chi connectivity index (χ1v) is 12.1. The van der Waals surface area contributed by atoms with Crippen LogP contribution >= 0.6 is 11.3 Å². The Bertz CT molecular complexity index is 983. The van der Waals surface area contributed by atoms with E-state index >= 15 is 0 Å². The Morgan fingerprint density at radius 2 is 2.03 bits per heavy atom. The SMILES string of the molecule is O=C(O)CC1(C(=O)NCc2nc(C3CCCN(S(=O)[O-])C3)cs2)Cc2ccccc2C1. The second-order valence-electron chi connectivity index (χ2n) is 8.27. The highest BCUT2D eigenvalue weighted by Crippen LogP contribution is 2.40. The Morgan fingerprint density at radius 1 is 1.32 bits per heavy atom. The molecule has 1 aromatic carbocycles. The van der Waals surface area contributed by atoms with Crippen molar-refractivity contribution in [2.45, 2.75) is 44.6 Å². The Morgan fingerprint density at radius 3 is 2.68 bits per heavy atom. The maximum Gasteiger partial charge on any atom is 0.304 e. The summed E-state index contributed by atoms with van der Waals surface area (Å²) in [5.41, 5.74) is 1.90. The lowest BCUT2D eigenvalue weighted by Crippen LogP contribution is -2.43. The minimum absolute atomic E-state index is 0.0510. The summed E-state index contributed by atoms with van der Waals surface area (Å²) in [5, 5.41) is 15.0. The average molecular weight is 463 g/mol. The van der Waals surface area contributed by atoms with Gasteiger partial charge in [0.05, 0.1) is 24.1 Å². The second-order valence-corrected chi connectivity index (χ2v) is 10.2. The number of carboxylic acid groups (broad SMARTS) is 1. The van der Waals surface area contributed by atoms with Crippen molar-refractivity contribution in [2.24, 2.45) is 5.41 Å². The summed E-state index contributed by atoms with van der Waals surface area (Å²) in [4.78, 5) is 29.2. The average Bonchev–Trinajstić information content (AvgIpc) is 3.36. The Balaban J connectivity index is 1.41. The van der Waals surface area contributed by atoms with Crippen LogP contribution in [0.4, 0.5) is 0 Å². The van der Waals surface area contributed by atoms with E-state index in [1.165, 1.54) is 15.6 Å². The molecular weight excluding hydrogens is 438 g/mol. The van der Waals surface area contributed by atoms with E-state index < -0.39 is 22.7 Å². The molecular formula is C21H24N3O5S2-. The molecule has 31 heavy (non-hydrogen) atoms. The minimum Gasteiger partial charge on any atom is -0.760 e. The number of hydrogen-bond acceptors (Lipinski definition) is 6. The van der Waals surface area contributed by atoms with E-state index in [-0.39, 0.29) is 24.8 Å². The molecule has 10 heteroatoms. The van der Waals surface area contributed by atoms with Gasteiger partial charge in [0.25, 0.3) is 0 Å². The summed E-state index contributed by atoms with van der Waals surface area (Å²) in [6.45, 7) is 1.18.